The molecule has 0 aliphatic carbocycles. The maximum atomic E-state index is 6.00. The van der Waals surface area contributed by atoms with E-state index in [0.717, 1.165) is 52.4 Å². The fourth-order valence-electron chi connectivity index (χ4n) is 2.96. The van der Waals surface area contributed by atoms with Crippen molar-refractivity contribution in [1.82, 2.24) is 10.2 Å². The Morgan fingerprint density at radius 3 is 2.55 bits per heavy atom. The quantitative estimate of drug-likeness (QED) is 0.787. The Morgan fingerprint density at radius 2 is 1.80 bits per heavy atom. The summed E-state index contributed by atoms with van der Waals surface area (Å²) in [4.78, 5) is 2.45. The van der Waals surface area contributed by atoms with Crippen LogP contribution < -0.4 is 5.32 Å². The van der Waals surface area contributed by atoms with Crippen LogP contribution in [-0.2, 0) is 18.9 Å². The smallest absolute Gasteiger partial charge is 0.158 e. The standard InChI is InChI=1S/C14H26N2O4/c1-11-17-8-12(9-18-11)6-14-19-10-13(20-14)7-16-4-2-15-3-5-16/h11-15H,2-10H2,1H3. The highest BCUT2D eigenvalue weighted by atomic mass is 16.7. The summed E-state index contributed by atoms with van der Waals surface area (Å²) in [6, 6.07) is 0. The lowest BCUT2D eigenvalue weighted by Gasteiger charge is -2.29. The molecule has 3 rings (SSSR count). The van der Waals surface area contributed by atoms with Crippen LogP contribution in [0.15, 0.2) is 0 Å². The lowest BCUT2D eigenvalue weighted by atomic mass is 10.1. The first-order valence-electron chi connectivity index (χ1n) is 7.73. The Labute approximate surface area is 120 Å². The van der Waals surface area contributed by atoms with Gasteiger partial charge in [0.25, 0.3) is 0 Å². The van der Waals surface area contributed by atoms with Crippen LogP contribution >= 0.6 is 0 Å². The van der Waals surface area contributed by atoms with Gasteiger partial charge in [-0.2, -0.15) is 0 Å². The van der Waals surface area contributed by atoms with Gasteiger partial charge in [0.2, 0.25) is 0 Å². The average molecular weight is 286 g/mol. The molecule has 3 aliphatic heterocycles. The molecule has 0 amide bonds. The summed E-state index contributed by atoms with van der Waals surface area (Å²) in [7, 11) is 0. The Hall–Kier alpha value is -0.240. The summed E-state index contributed by atoms with van der Waals surface area (Å²) in [6.07, 6.45) is 0.915. The molecule has 1 N–H and O–H groups in total. The van der Waals surface area contributed by atoms with Crippen molar-refractivity contribution in [2.75, 3.05) is 52.5 Å². The van der Waals surface area contributed by atoms with Crippen molar-refractivity contribution in [1.29, 1.82) is 0 Å². The number of hydrogen-bond acceptors (Lipinski definition) is 6. The molecule has 2 unspecified atom stereocenters. The Morgan fingerprint density at radius 1 is 1.05 bits per heavy atom. The van der Waals surface area contributed by atoms with E-state index in [-0.39, 0.29) is 18.7 Å². The molecule has 0 aromatic carbocycles. The van der Waals surface area contributed by atoms with E-state index in [1.165, 1.54) is 0 Å². The topological polar surface area (TPSA) is 52.2 Å². The van der Waals surface area contributed by atoms with Crippen LogP contribution in [0.3, 0.4) is 0 Å². The van der Waals surface area contributed by atoms with E-state index < -0.39 is 0 Å². The predicted molar refractivity (Wildman–Crippen MR) is 73.4 cm³/mol. The molecular formula is C14H26N2O4. The molecule has 3 heterocycles. The van der Waals surface area contributed by atoms with E-state index in [2.05, 4.69) is 10.2 Å². The van der Waals surface area contributed by atoms with Crippen molar-refractivity contribution in [2.24, 2.45) is 5.92 Å². The van der Waals surface area contributed by atoms with E-state index in [0.29, 0.717) is 12.5 Å². The minimum absolute atomic E-state index is 0.0721. The van der Waals surface area contributed by atoms with Gasteiger partial charge in [-0.25, -0.2) is 0 Å². The number of ether oxygens (including phenoxy) is 4. The van der Waals surface area contributed by atoms with Crippen molar-refractivity contribution in [3.05, 3.63) is 0 Å². The number of nitrogens with zero attached hydrogens (tertiary/aromatic N) is 1. The zero-order chi connectivity index (χ0) is 13.8. The van der Waals surface area contributed by atoms with Crippen molar-refractivity contribution >= 4 is 0 Å². The lowest BCUT2D eigenvalue weighted by molar-refractivity contribution is -0.201. The van der Waals surface area contributed by atoms with Gasteiger partial charge in [0.05, 0.1) is 25.9 Å². The van der Waals surface area contributed by atoms with E-state index in [1.807, 2.05) is 6.92 Å². The highest BCUT2D eigenvalue weighted by Crippen LogP contribution is 2.22. The van der Waals surface area contributed by atoms with Crippen LogP contribution in [0.5, 0.6) is 0 Å². The zero-order valence-corrected chi connectivity index (χ0v) is 12.3. The van der Waals surface area contributed by atoms with Crippen LogP contribution in [-0.4, -0.2) is 76.1 Å². The third-order valence-electron chi connectivity index (χ3n) is 4.14. The van der Waals surface area contributed by atoms with Gasteiger partial charge in [0, 0.05) is 45.1 Å². The second-order valence-electron chi connectivity index (χ2n) is 5.91. The summed E-state index contributed by atoms with van der Waals surface area (Å²) in [5.74, 6) is 0.383. The molecule has 3 saturated heterocycles. The highest BCUT2D eigenvalue weighted by Gasteiger charge is 2.31. The van der Waals surface area contributed by atoms with E-state index in [4.69, 9.17) is 18.9 Å². The number of nitrogens with one attached hydrogen (secondary N) is 1. The summed E-state index contributed by atoms with van der Waals surface area (Å²) in [6.45, 7) is 9.46. The van der Waals surface area contributed by atoms with Crippen molar-refractivity contribution in [3.63, 3.8) is 0 Å². The lowest BCUT2D eigenvalue weighted by Crippen LogP contribution is -2.46. The predicted octanol–water partition coefficient (Wildman–Crippen LogP) is 0.0322. The summed E-state index contributed by atoms with van der Waals surface area (Å²) in [5.41, 5.74) is 0. The summed E-state index contributed by atoms with van der Waals surface area (Å²) < 4.78 is 22.8. The maximum absolute atomic E-state index is 6.00. The number of hydrogen-bond donors (Lipinski definition) is 1. The number of piperazine rings is 1. The van der Waals surface area contributed by atoms with Gasteiger partial charge >= 0.3 is 0 Å². The molecule has 116 valence electrons. The Kier molecular flexibility index (Phi) is 5.25. The van der Waals surface area contributed by atoms with E-state index in [1.54, 1.807) is 0 Å². The van der Waals surface area contributed by atoms with Gasteiger partial charge in [-0.3, -0.25) is 4.90 Å². The fraction of sp³-hybridized carbons (Fsp3) is 1.00. The first-order valence-corrected chi connectivity index (χ1v) is 7.73. The van der Waals surface area contributed by atoms with Gasteiger partial charge < -0.3 is 24.3 Å². The molecule has 6 heteroatoms. The second-order valence-corrected chi connectivity index (χ2v) is 5.91. The molecule has 6 nitrogen and oxygen atoms in total. The summed E-state index contributed by atoms with van der Waals surface area (Å²) >= 11 is 0. The van der Waals surface area contributed by atoms with E-state index >= 15 is 0 Å². The maximum Gasteiger partial charge on any atom is 0.158 e. The average Bonchev–Trinajstić information content (AvgIpc) is 2.90. The van der Waals surface area contributed by atoms with Gasteiger partial charge in [-0.05, 0) is 6.92 Å². The molecule has 0 bridgehead atoms. The normalized spacial score (nSPS) is 40.0. The Balaban J connectivity index is 1.36. The fourth-order valence-corrected chi connectivity index (χ4v) is 2.96. The third kappa shape index (κ3) is 4.13. The highest BCUT2D eigenvalue weighted by molar-refractivity contribution is 4.76. The van der Waals surface area contributed by atoms with Crippen LogP contribution in [0, 0.1) is 5.92 Å². The monoisotopic (exact) mass is 286 g/mol. The van der Waals surface area contributed by atoms with E-state index in [9.17, 15) is 0 Å². The molecule has 0 radical (unpaired) electrons. The molecule has 0 aromatic heterocycles. The van der Waals surface area contributed by atoms with Gasteiger partial charge in [0.1, 0.15) is 0 Å². The van der Waals surface area contributed by atoms with Crippen LogP contribution in [0.4, 0.5) is 0 Å². The first kappa shape index (κ1) is 14.7. The second kappa shape index (κ2) is 7.15. The van der Waals surface area contributed by atoms with Crippen LogP contribution in [0.25, 0.3) is 0 Å². The molecule has 2 atom stereocenters. The molecule has 3 fully saturated rings. The largest absolute Gasteiger partial charge is 0.353 e. The molecular weight excluding hydrogens is 260 g/mol. The molecule has 0 saturated carbocycles. The zero-order valence-electron chi connectivity index (χ0n) is 12.3. The Bertz CT molecular complexity index is 291. The van der Waals surface area contributed by atoms with Crippen LogP contribution in [0.2, 0.25) is 0 Å². The number of rotatable bonds is 4. The van der Waals surface area contributed by atoms with Crippen molar-refractivity contribution in [3.8, 4) is 0 Å². The van der Waals surface area contributed by atoms with Gasteiger partial charge in [-0.1, -0.05) is 0 Å². The molecule has 0 spiro atoms. The molecule has 20 heavy (non-hydrogen) atoms. The van der Waals surface area contributed by atoms with Gasteiger partial charge in [0.15, 0.2) is 12.6 Å². The van der Waals surface area contributed by atoms with Crippen molar-refractivity contribution < 1.29 is 18.9 Å². The molecule has 0 aromatic rings. The van der Waals surface area contributed by atoms with Crippen molar-refractivity contribution in [2.45, 2.75) is 32.0 Å². The SMILES string of the molecule is CC1OCC(CC2OCC(CN3CCNCC3)O2)CO1. The minimum Gasteiger partial charge on any atom is -0.353 e. The first-order chi connectivity index (χ1) is 9.79. The van der Waals surface area contributed by atoms with Crippen LogP contribution in [0.1, 0.15) is 13.3 Å². The minimum atomic E-state index is -0.0893. The van der Waals surface area contributed by atoms with Gasteiger partial charge in [-0.15, -0.1) is 0 Å². The summed E-state index contributed by atoms with van der Waals surface area (Å²) in [5, 5.41) is 3.36. The molecule has 3 aliphatic rings. The third-order valence-corrected chi connectivity index (χ3v) is 4.14.